The fraction of sp³-hybridized carbons (Fsp3) is 0.286. The minimum Gasteiger partial charge on any atom is -0.491 e. The number of fused-ring (bicyclic) bond motifs is 1. The Morgan fingerprint density at radius 2 is 2.15 bits per heavy atom. The highest BCUT2D eigenvalue weighted by molar-refractivity contribution is 5.58. The van der Waals surface area contributed by atoms with Crippen molar-refractivity contribution in [3.63, 3.8) is 0 Å². The fourth-order valence-electron chi connectivity index (χ4n) is 2.41. The first-order valence-corrected chi connectivity index (χ1v) is 6.53. The molecule has 0 fully saturated rings. The van der Waals surface area contributed by atoms with Crippen LogP contribution in [0.2, 0.25) is 0 Å². The van der Waals surface area contributed by atoms with Gasteiger partial charge in [0.2, 0.25) is 0 Å². The Bertz CT molecular complexity index is 616. The highest BCUT2D eigenvalue weighted by atomic mass is 16.5. The summed E-state index contributed by atoms with van der Waals surface area (Å²) in [5.41, 5.74) is 4.70. The molecule has 1 aliphatic rings. The first-order chi connectivity index (χ1) is 9.79. The third-order valence-electron chi connectivity index (χ3n) is 3.45. The number of para-hydroxylation sites is 1. The van der Waals surface area contributed by atoms with Crippen LogP contribution in [0.15, 0.2) is 30.6 Å². The van der Waals surface area contributed by atoms with E-state index in [1.54, 1.807) is 0 Å². The number of rotatable bonds is 2. The van der Waals surface area contributed by atoms with Gasteiger partial charge in [-0.3, -0.25) is 0 Å². The largest absolute Gasteiger partial charge is 0.491 e. The zero-order chi connectivity index (χ0) is 13.9. The van der Waals surface area contributed by atoms with Gasteiger partial charge >= 0.3 is 0 Å². The molecule has 0 saturated carbocycles. The third-order valence-corrected chi connectivity index (χ3v) is 3.45. The van der Waals surface area contributed by atoms with Crippen molar-refractivity contribution in [3.8, 4) is 5.75 Å². The molecule has 0 saturated heterocycles. The zero-order valence-electron chi connectivity index (χ0n) is 11.3. The van der Waals surface area contributed by atoms with Crippen molar-refractivity contribution in [1.29, 1.82) is 0 Å². The minimum absolute atomic E-state index is 0.631. The van der Waals surface area contributed by atoms with Crippen LogP contribution < -0.4 is 20.9 Å². The Morgan fingerprint density at radius 3 is 3.00 bits per heavy atom. The first kappa shape index (κ1) is 12.7. The van der Waals surface area contributed by atoms with Crippen LogP contribution in [0.4, 0.5) is 11.6 Å². The predicted octanol–water partition coefficient (Wildman–Crippen LogP) is 1.47. The van der Waals surface area contributed by atoms with Crippen LogP contribution in [0.3, 0.4) is 0 Å². The van der Waals surface area contributed by atoms with Gasteiger partial charge in [-0.25, -0.2) is 15.8 Å². The Labute approximate surface area is 117 Å². The molecule has 2 heterocycles. The molecule has 6 nitrogen and oxygen atoms in total. The van der Waals surface area contributed by atoms with Crippen molar-refractivity contribution in [2.24, 2.45) is 5.84 Å². The SMILES string of the molecule is Cc1c(NN)ncnc1N1CCOc2ccccc2C1. The highest BCUT2D eigenvalue weighted by Gasteiger charge is 2.19. The average Bonchev–Trinajstić information content (AvgIpc) is 2.69. The maximum Gasteiger partial charge on any atom is 0.148 e. The van der Waals surface area contributed by atoms with E-state index in [-0.39, 0.29) is 0 Å². The van der Waals surface area contributed by atoms with Gasteiger partial charge in [0.25, 0.3) is 0 Å². The van der Waals surface area contributed by atoms with Gasteiger partial charge in [-0.2, -0.15) is 0 Å². The number of hydrogen-bond donors (Lipinski definition) is 2. The van der Waals surface area contributed by atoms with E-state index in [9.17, 15) is 0 Å². The number of ether oxygens (including phenoxy) is 1. The van der Waals surface area contributed by atoms with E-state index in [1.807, 2.05) is 25.1 Å². The quantitative estimate of drug-likeness (QED) is 0.636. The molecule has 2 aromatic rings. The van der Waals surface area contributed by atoms with Crippen molar-refractivity contribution in [1.82, 2.24) is 9.97 Å². The maximum atomic E-state index is 5.77. The molecule has 0 bridgehead atoms. The standard InChI is InChI=1S/C14H17N5O/c1-10-13(18-15)16-9-17-14(10)19-6-7-20-12-5-3-2-4-11(12)8-19/h2-5,9H,6-8,15H2,1H3,(H,16,17,18). The van der Waals surface area contributed by atoms with Gasteiger partial charge in [0.05, 0.1) is 6.54 Å². The van der Waals surface area contributed by atoms with Crippen LogP contribution in [0.1, 0.15) is 11.1 Å². The van der Waals surface area contributed by atoms with Crippen LogP contribution >= 0.6 is 0 Å². The smallest absolute Gasteiger partial charge is 0.148 e. The summed E-state index contributed by atoms with van der Waals surface area (Å²) in [6.45, 7) is 4.13. The van der Waals surface area contributed by atoms with Gasteiger partial charge in [0.1, 0.15) is 30.3 Å². The summed E-state index contributed by atoms with van der Waals surface area (Å²) in [4.78, 5) is 10.7. The van der Waals surface area contributed by atoms with E-state index < -0.39 is 0 Å². The second-order valence-corrected chi connectivity index (χ2v) is 4.69. The van der Waals surface area contributed by atoms with E-state index in [2.05, 4.69) is 26.4 Å². The summed E-state index contributed by atoms with van der Waals surface area (Å²) < 4.78 is 5.77. The molecule has 0 spiro atoms. The molecule has 0 radical (unpaired) electrons. The van der Waals surface area contributed by atoms with Gasteiger partial charge in [0.15, 0.2) is 0 Å². The predicted molar refractivity (Wildman–Crippen MR) is 77.6 cm³/mol. The lowest BCUT2D eigenvalue weighted by Crippen LogP contribution is -2.27. The second kappa shape index (κ2) is 5.34. The summed E-state index contributed by atoms with van der Waals surface area (Å²) in [5, 5.41) is 0. The molecule has 1 aromatic carbocycles. The highest BCUT2D eigenvalue weighted by Crippen LogP contribution is 2.28. The van der Waals surface area contributed by atoms with Crippen molar-refractivity contribution in [2.45, 2.75) is 13.5 Å². The summed E-state index contributed by atoms with van der Waals surface area (Å²) in [6, 6.07) is 8.08. The number of aromatic nitrogens is 2. The molecule has 1 aliphatic heterocycles. The average molecular weight is 271 g/mol. The summed E-state index contributed by atoms with van der Waals surface area (Å²) in [5.74, 6) is 7.95. The van der Waals surface area contributed by atoms with Crippen LogP contribution in [-0.4, -0.2) is 23.1 Å². The maximum absolute atomic E-state index is 5.77. The summed E-state index contributed by atoms with van der Waals surface area (Å²) >= 11 is 0. The minimum atomic E-state index is 0.631. The van der Waals surface area contributed by atoms with Gasteiger partial charge in [0, 0.05) is 17.7 Å². The third kappa shape index (κ3) is 2.25. The molecule has 6 heteroatoms. The molecular formula is C14H17N5O. The molecule has 3 N–H and O–H groups in total. The number of hydrazine groups is 1. The van der Waals surface area contributed by atoms with Crippen molar-refractivity contribution in [3.05, 3.63) is 41.7 Å². The van der Waals surface area contributed by atoms with E-state index in [0.29, 0.717) is 12.4 Å². The van der Waals surface area contributed by atoms with Gasteiger partial charge in [-0.1, -0.05) is 18.2 Å². The Balaban J connectivity index is 1.95. The lowest BCUT2D eigenvalue weighted by atomic mass is 10.2. The molecule has 0 aliphatic carbocycles. The molecule has 0 unspecified atom stereocenters. The zero-order valence-corrected chi connectivity index (χ0v) is 11.3. The number of nitrogens with one attached hydrogen (secondary N) is 1. The van der Waals surface area contributed by atoms with Gasteiger partial charge in [-0.05, 0) is 13.0 Å². The van der Waals surface area contributed by atoms with Crippen molar-refractivity contribution < 1.29 is 4.74 Å². The number of anilines is 2. The van der Waals surface area contributed by atoms with E-state index >= 15 is 0 Å². The number of hydrogen-bond acceptors (Lipinski definition) is 6. The number of nitrogen functional groups attached to an aromatic ring is 1. The Hall–Kier alpha value is -2.34. The Kier molecular flexibility index (Phi) is 3.39. The topological polar surface area (TPSA) is 76.3 Å². The van der Waals surface area contributed by atoms with Gasteiger partial charge in [-0.15, -0.1) is 0 Å². The fourth-order valence-corrected chi connectivity index (χ4v) is 2.41. The molecule has 0 atom stereocenters. The molecule has 0 amide bonds. The van der Waals surface area contributed by atoms with Crippen molar-refractivity contribution >= 4 is 11.6 Å². The monoisotopic (exact) mass is 271 g/mol. The summed E-state index contributed by atoms with van der Waals surface area (Å²) in [6.07, 6.45) is 1.52. The van der Waals surface area contributed by atoms with Crippen molar-refractivity contribution in [2.75, 3.05) is 23.5 Å². The van der Waals surface area contributed by atoms with Crippen LogP contribution in [0, 0.1) is 6.92 Å². The van der Waals surface area contributed by atoms with Crippen LogP contribution in [-0.2, 0) is 6.54 Å². The normalized spacial score (nSPS) is 14.2. The summed E-state index contributed by atoms with van der Waals surface area (Å²) in [7, 11) is 0. The molecule has 20 heavy (non-hydrogen) atoms. The number of benzene rings is 1. The van der Waals surface area contributed by atoms with Gasteiger partial charge < -0.3 is 15.1 Å². The molecule has 1 aromatic heterocycles. The van der Waals surface area contributed by atoms with E-state index in [4.69, 9.17) is 10.6 Å². The lowest BCUT2D eigenvalue weighted by Gasteiger charge is -2.23. The first-order valence-electron chi connectivity index (χ1n) is 6.53. The Morgan fingerprint density at radius 1 is 1.30 bits per heavy atom. The second-order valence-electron chi connectivity index (χ2n) is 4.69. The molecule has 3 rings (SSSR count). The van der Waals surface area contributed by atoms with E-state index in [0.717, 1.165) is 35.8 Å². The van der Waals surface area contributed by atoms with Crippen LogP contribution in [0.5, 0.6) is 5.75 Å². The van der Waals surface area contributed by atoms with E-state index in [1.165, 1.54) is 6.33 Å². The number of nitrogens with zero attached hydrogens (tertiary/aromatic N) is 3. The molecule has 104 valence electrons. The molecular weight excluding hydrogens is 254 g/mol. The lowest BCUT2D eigenvalue weighted by molar-refractivity contribution is 0.331. The van der Waals surface area contributed by atoms with Crippen LogP contribution in [0.25, 0.3) is 0 Å². The number of nitrogens with two attached hydrogens (primary N) is 1.